The normalized spacial score (nSPS) is 11.2. The molecular weight excluding hydrogens is 224 g/mol. The Morgan fingerprint density at radius 2 is 2.12 bits per heavy atom. The zero-order chi connectivity index (χ0) is 12.1. The second kappa shape index (κ2) is 4.88. The Morgan fingerprint density at radius 1 is 1.35 bits per heavy atom. The van der Waals surface area contributed by atoms with Crippen molar-refractivity contribution in [3.63, 3.8) is 0 Å². The molecule has 0 aliphatic rings. The summed E-state index contributed by atoms with van der Waals surface area (Å²) in [5.74, 6) is -0.689. The molecule has 1 aromatic heterocycles. The molecule has 0 unspecified atom stereocenters. The summed E-state index contributed by atoms with van der Waals surface area (Å²) in [4.78, 5) is 19.7. The van der Waals surface area contributed by atoms with Gasteiger partial charge in [0.05, 0.1) is 5.56 Å². The number of nitrogens with two attached hydrogens (primary N) is 1. The lowest BCUT2D eigenvalue weighted by molar-refractivity contribution is 0.0516. The second-order valence-electron chi connectivity index (χ2n) is 2.98. The standard InChI is InChI=1S/C10H8N4O3/c11-8(9-12-6-16-14-9)13-17-10(15)7-4-2-1-3-5-7/h1-6H,(H2,11,13). The largest absolute Gasteiger partial charge is 0.378 e. The van der Waals surface area contributed by atoms with Crippen LogP contribution in [0.4, 0.5) is 0 Å². The summed E-state index contributed by atoms with van der Waals surface area (Å²) in [6.45, 7) is 0. The Balaban J connectivity index is 2.04. The molecule has 1 aromatic carbocycles. The summed E-state index contributed by atoms with van der Waals surface area (Å²) in [5.41, 5.74) is 5.83. The van der Waals surface area contributed by atoms with Crippen LogP contribution in [0.2, 0.25) is 0 Å². The predicted octanol–water partition coefficient (Wildman–Crippen LogP) is 0.547. The molecular formula is C10H8N4O3. The van der Waals surface area contributed by atoms with Gasteiger partial charge in [0, 0.05) is 0 Å². The molecule has 0 bridgehead atoms. The zero-order valence-corrected chi connectivity index (χ0v) is 8.61. The van der Waals surface area contributed by atoms with Gasteiger partial charge >= 0.3 is 5.97 Å². The number of oxime groups is 1. The molecule has 0 amide bonds. The van der Waals surface area contributed by atoms with Crippen molar-refractivity contribution in [1.29, 1.82) is 0 Å². The van der Waals surface area contributed by atoms with Gasteiger partial charge in [0.15, 0.2) is 0 Å². The summed E-state index contributed by atoms with van der Waals surface area (Å²) < 4.78 is 4.46. The van der Waals surface area contributed by atoms with Crippen LogP contribution in [-0.4, -0.2) is 21.9 Å². The molecule has 1 heterocycles. The van der Waals surface area contributed by atoms with Gasteiger partial charge in [-0.3, -0.25) is 0 Å². The van der Waals surface area contributed by atoms with E-state index in [1.54, 1.807) is 30.3 Å². The SMILES string of the molecule is N/C(=N\OC(=O)c1ccccc1)c1ncon1. The van der Waals surface area contributed by atoms with E-state index in [0.29, 0.717) is 5.56 Å². The lowest BCUT2D eigenvalue weighted by atomic mass is 10.2. The maximum Gasteiger partial charge on any atom is 0.365 e. The Labute approximate surface area is 95.9 Å². The van der Waals surface area contributed by atoms with Crippen LogP contribution in [0.3, 0.4) is 0 Å². The van der Waals surface area contributed by atoms with Crippen LogP contribution < -0.4 is 5.73 Å². The summed E-state index contributed by atoms with van der Waals surface area (Å²) in [6.07, 6.45) is 1.09. The third-order valence-electron chi connectivity index (χ3n) is 1.83. The van der Waals surface area contributed by atoms with E-state index in [1.807, 2.05) is 0 Å². The Bertz CT molecular complexity index is 522. The smallest absolute Gasteiger partial charge is 0.365 e. The molecule has 0 atom stereocenters. The van der Waals surface area contributed by atoms with E-state index in [4.69, 9.17) is 5.73 Å². The van der Waals surface area contributed by atoms with E-state index in [0.717, 1.165) is 6.39 Å². The fraction of sp³-hybridized carbons (Fsp3) is 0. The number of benzene rings is 1. The van der Waals surface area contributed by atoms with E-state index < -0.39 is 5.97 Å². The van der Waals surface area contributed by atoms with Crippen molar-refractivity contribution < 1.29 is 14.2 Å². The minimum atomic E-state index is -0.614. The minimum Gasteiger partial charge on any atom is -0.378 e. The molecule has 17 heavy (non-hydrogen) atoms. The van der Waals surface area contributed by atoms with Crippen molar-refractivity contribution in [1.82, 2.24) is 10.1 Å². The molecule has 0 saturated carbocycles. The molecule has 0 aliphatic carbocycles. The number of rotatable bonds is 3. The van der Waals surface area contributed by atoms with Gasteiger partial charge in [-0.1, -0.05) is 28.5 Å². The zero-order valence-electron chi connectivity index (χ0n) is 8.61. The van der Waals surface area contributed by atoms with Crippen LogP contribution in [0.1, 0.15) is 16.2 Å². The Morgan fingerprint density at radius 3 is 2.76 bits per heavy atom. The van der Waals surface area contributed by atoms with Gasteiger partial charge in [-0.05, 0) is 12.1 Å². The highest BCUT2D eigenvalue weighted by molar-refractivity contribution is 5.95. The van der Waals surface area contributed by atoms with E-state index >= 15 is 0 Å². The lowest BCUT2D eigenvalue weighted by Gasteiger charge is -1.97. The fourth-order valence-electron chi connectivity index (χ4n) is 1.04. The second-order valence-corrected chi connectivity index (χ2v) is 2.98. The van der Waals surface area contributed by atoms with Crippen LogP contribution in [-0.2, 0) is 4.84 Å². The van der Waals surface area contributed by atoms with Gasteiger partial charge < -0.3 is 15.1 Å². The Hall–Kier alpha value is -2.70. The van der Waals surface area contributed by atoms with Crippen LogP contribution in [0.25, 0.3) is 0 Å². The first-order valence-corrected chi connectivity index (χ1v) is 4.64. The van der Waals surface area contributed by atoms with Crippen LogP contribution in [0, 0.1) is 0 Å². The van der Waals surface area contributed by atoms with Gasteiger partial charge in [0.2, 0.25) is 18.1 Å². The molecule has 0 fully saturated rings. The quantitative estimate of drug-likeness (QED) is 0.358. The summed E-state index contributed by atoms with van der Waals surface area (Å²) in [5, 5.41) is 6.84. The minimum absolute atomic E-state index is 0.0610. The Kier molecular flexibility index (Phi) is 3.10. The fourth-order valence-corrected chi connectivity index (χ4v) is 1.04. The van der Waals surface area contributed by atoms with Crippen molar-refractivity contribution in [3.05, 3.63) is 48.1 Å². The third-order valence-corrected chi connectivity index (χ3v) is 1.83. The number of carbonyl (C=O) groups excluding carboxylic acids is 1. The van der Waals surface area contributed by atoms with Crippen molar-refractivity contribution in [2.24, 2.45) is 10.9 Å². The number of carbonyl (C=O) groups is 1. The summed E-state index contributed by atoms with van der Waals surface area (Å²) in [7, 11) is 0. The molecule has 2 rings (SSSR count). The molecule has 0 spiro atoms. The monoisotopic (exact) mass is 232 g/mol. The number of hydrogen-bond donors (Lipinski definition) is 1. The molecule has 86 valence electrons. The molecule has 0 aliphatic heterocycles. The average molecular weight is 232 g/mol. The van der Waals surface area contributed by atoms with Crippen molar-refractivity contribution >= 4 is 11.8 Å². The van der Waals surface area contributed by atoms with Gasteiger partial charge in [0.1, 0.15) is 0 Å². The van der Waals surface area contributed by atoms with Crippen molar-refractivity contribution in [2.75, 3.05) is 0 Å². The third kappa shape index (κ3) is 2.65. The number of amidine groups is 1. The van der Waals surface area contributed by atoms with Crippen molar-refractivity contribution in [2.45, 2.75) is 0 Å². The molecule has 0 radical (unpaired) electrons. The number of nitrogens with zero attached hydrogens (tertiary/aromatic N) is 3. The topological polar surface area (TPSA) is 104 Å². The molecule has 2 aromatic rings. The highest BCUT2D eigenvalue weighted by Crippen LogP contribution is 2.01. The number of aromatic nitrogens is 2. The van der Waals surface area contributed by atoms with Crippen LogP contribution in [0.15, 0.2) is 46.4 Å². The summed E-state index contributed by atoms with van der Waals surface area (Å²) >= 11 is 0. The maximum absolute atomic E-state index is 11.5. The molecule has 2 N–H and O–H groups in total. The van der Waals surface area contributed by atoms with Gasteiger partial charge in [0.25, 0.3) is 0 Å². The lowest BCUT2D eigenvalue weighted by Crippen LogP contribution is -2.16. The van der Waals surface area contributed by atoms with Crippen LogP contribution in [0.5, 0.6) is 0 Å². The first-order valence-electron chi connectivity index (χ1n) is 4.64. The van der Waals surface area contributed by atoms with Gasteiger partial charge in [-0.25, -0.2) is 4.79 Å². The van der Waals surface area contributed by atoms with Gasteiger partial charge in [-0.2, -0.15) is 4.98 Å². The first kappa shape index (κ1) is 10.8. The van der Waals surface area contributed by atoms with E-state index in [9.17, 15) is 4.79 Å². The maximum atomic E-state index is 11.5. The molecule has 7 nitrogen and oxygen atoms in total. The molecule has 0 saturated heterocycles. The number of hydrogen-bond acceptors (Lipinski definition) is 6. The van der Waals surface area contributed by atoms with E-state index in [2.05, 4.69) is 24.7 Å². The van der Waals surface area contributed by atoms with Gasteiger partial charge in [-0.15, -0.1) is 0 Å². The van der Waals surface area contributed by atoms with Crippen LogP contribution >= 0.6 is 0 Å². The highest BCUT2D eigenvalue weighted by Gasteiger charge is 2.08. The van der Waals surface area contributed by atoms with Crippen molar-refractivity contribution in [3.8, 4) is 0 Å². The van der Waals surface area contributed by atoms with E-state index in [1.165, 1.54) is 0 Å². The highest BCUT2D eigenvalue weighted by atomic mass is 16.7. The first-order chi connectivity index (χ1) is 8.27. The average Bonchev–Trinajstić information content (AvgIpc) is 2.90. The predicted molar refractivity (Wildman–Crippen MR) is 56.9 cm³/mol. The van der Waals surface area contributed by atoms with E-state index in [-0.39, 0.29) is 11.7 Å². The summed E-state index contributed by atoms with van der Waals surface area (Å²) in [6, 6.07) is 8.41. The molecule has 7 heteroatoms.